The summed E-state index contributed by atoms with van der Waals surface area (Å²) in [7, 11) is 0. The Bertz CT molecular complexity index is 763. The van der Waals surface area contributed by atoms with Crippen molar-refractivity contribution in [3.05, 3.63) is 41.0 Å². The highest BCUT2D eigenvalue weighted by Gasteiger charge is 2.25. The Kier molecular flexibility index (Phi) is 4.48. The van der Waals surface area contributed by atoms with Gasteiger partial charge in [0.15, 0.2) is 0 Å². The number of fused-ring (bicyclic) bond motifs is 1. The average molecular weight is 332 g/mol. The number of likely N-dealkylation sites (N-methyl/N-ethyl adjacent to an activating group) is 1. The molecule has 0 N–H and O–H groups in total. The maximum atomic E-state index is 12.9. The van der Waals surface area contributed by atoms with Crippen molar-refractivity contribution in [3.8, 4) is 0 Å². The molecular formula is C17H18ClN3O2. The van der Waals surface area contributed by atoms with Crippen molar-refractivity contribution in [1.82, 2.24) is 14.8 Å². The summed E-state index contributed by atoms with van der Waals surface area (Å²) in [6.45, 7) is 4.04. The van der Waals surface area contributed by atoms with Gasteiger partial charge in [0.1, 0.15) is 6.54 Å². The molecule has 2 aromatic rings. The van der Waals surface area contributed by atoms with Crippen molar-refractivity contribution in [2.24, 2.45) is 0 Å². The van der Waals surface area contributed by atoms with Gasteiger partial charge in [0.25, 0.3) is 5.91 Å². The Hall–Kier alpha value is -2.14. The van der Waals surface area contributed by atoms with Gasteiger partial charge in [-0.2, -0.15) is 0 Å². The van der Waals surface area contributed by atoms with Gasteiger partial charge < -0.3 is 9.80 Å². The number of hydrogen-bond acceptors (Lipinski definition) is 3. The number of carbonyl (C=O) groups excluding carboxylic acids is 2. The van der Waals surface area contributed by atoms with E-state index in [0.717, 1.165) is 11.8 Å². The minimum Gasteiger partial charge on any atom is -0.341 e. The molecule has 1 saturated heterocycles. The quantitative estimate of drug-likeness (QED) is 0.850. The third-order valence-corrected chi connectivity index (χ3v) is 4.37. The summed E-state index contributed by atoms with van der Waals surface area (Å²) in [6.07, 6.45) is 2.39. The van der Waals surface area contributed by atoms with Crippen molar-refractivity contribution in [3.63, 3.8) is 0 Å². The first kappa shape index (κ1) is 15.7. The Morgan fingerprint density at radius 1 is 1.30 bits per heavy atom. The van der Waals surface area contributed by atoms with Gasteiger partial charge in [0.05, 0.1) is 11.1 Å². The van der Waals surface area contributed by atoms with Crippen LogP contribution in [0.5, 0.6) is 0 Å². The van der Waals surface area contributed by atoms with Gasteiger partial charge in [-0.3, -0.25) is 14.6 Å². The number of carbonyl (C=O) groups is 2. The molecule has 0 unspecified atom stereocenters. The van der Waals surface area contributed by atoms with Crippen LogP contribution in [0.3, 0.4) is 0 Å². The van der Waals surface area contributed by atoms with Crippen molar-refractivity contribution in [2.75, 3.05) is 26.2 Å². The lowest BCUT2D eigenvalue weighted by Crippen LogP contribution is -2.39. The molecular weight excluding hydrogens is 314 g/mol. The predicted octanol–water partition coefficient (Wildman–Crippen LogP) is 2.58. The van der Waals surface area contributed by atoms with Crippen LogP contribution in [0.25, 0.3) is 10.9 Å². The largest absolute Gasteiger partial charge is 0.341 e. The normalized spacial score (nSPS) is 15.8. The number of halogens is 1. The van der Waals surface area contributed by atoms with Gasteiger partial charge in [-0.25, -0.2) is 0 Å². The lowest BCUT2D eigenvalue weighted by Gasteiger charge is -2.21. The van der Waals surface area contributed by atoms with E-state index in [4.69, 9.17) is 11.6 Å². The molecule has 1 aliphatic rings. The van der Waals surface area contributed by atoms with Crippen LogP contribution in [0.15, 0.2) is 30.5 Å². The number of amides is 2. The SMILES string of the molecule is CCN1CCCN(C(=O)c2ccnc3cc(Cl)ccc23)CC1=O. The molecule has 5 nitrogen and oxygen atoms in total. The van der Waals surface area contributed by atoms with Crippen LogP contribution < -0.4 is 0 Å². The summed E-state index contributed by atoms with van der Waals surface area (Å²) < 4.78 is 0. The number of rotatable bonds is 2. The maximum Gasteiger partial charge on any atom is 0.255 e. The highest BCUT2D eigenvalue weighted by molar-refractivity contribution is 6.31. The van der Waals surface area contributed by atoms with Crippen LogP contribution in [0.1, 0.15) is 23.7 Å². The first-order chi connectivity index (χ1) is 11.1. The minimum atomic E-state index is -0.133. The Morgan fingerprint density at radius 2 is 2.13 bits per heavy atom. The lowest BCUT2D eigenvalue weighted by molar-refractivity contribution is -0.130. The molecule has 3 rings (SSSR count). The second kappa shape index (κ2) is 6.54. The van der Waals surface area contributed by atoms with Gasteiger partial charge >= 0.3 is 0 Å². The number of benzene rings is 1. The van der Waals surface area contributed by atoms with E-state index in [2.05, 4.69) is 4.98 Å². The molecule has 0 spiro atoms. The second-order valence-electron chi connectivity index (χ2n) is 5.57. The van der Waals surface area contributed by atoms with Gasteiger partial charge in [0, 0.05) is 36.2 Å². The zero-order chi connectivity index (χ0) is 16.4. The number of aromatic nitrogens is 1. The summed E-state index contributed by atoms with van der Waals surface area (Å²) in [5.41, 5.74) is 1.24. The Morgan fingerprint density at radius 3 is 2.91 bits per heavy atom. The highest BCUT2D eigenvalue weighted by atomic mass is 35.5. The molecule has 120 valence electrons. The third kappa shape index (κ3) is 3.15. The highest BCUT2D eigenvalue weighted by Crippen LogP contribution is 2.22. The fraction of sp³-hybridized carbons (Fsp3) is 0.353. The van der Waals surface area contributed by atoms with Crippen LogP contribution in [-0.4, -0.2) is 52.8 Å². The Balaban J connectivity index is 1.93. The van der Waals surface area contributed by atoms with Gasteiger partial charge in [-0.1, -0.05) is 17.7 Å². The zero-order valence-corrected chi connectivity index (χ0v) is 13.7. The van der Waals surface area contributed by atoms with E-state index in [0.29, 0.717) is 35.7 Å². The monoisotopic (exact) mass is 331 g/mol. The lowest BCUT2D eigenvalue weighted by atomic mass is 10.1. The number of hydrogen-bond donors (Lipinski definition) is 0. The topological polar surface area (TPSA) is 53.5 Å². The molecule has 0 aliphatic carbocycles. The first-order valence-electron chi connectivity index (χ1n) is 7.71. The van der Waals surface area contributed by atoms with E-state index < -0.39 is 0 Å². The van der Waals surface area contributed by atoms with Crippen molar-refractivity contribution in [2.45, 2.75) is 13.3 Å². The third-order valence-electron chi connectivity index (χ3n) is 4.14. The average Bonchev–Trinajstić information content (AvgIpc) is 2.74. The predicted molar refractivity (Wildman–Crippen MR) is 89.5 cm³/mol. The number of nitrogens with zero attached hydrogens (tertiary/aromatic N) is 3. The van der Waals surface area contributed by atoms with Crippen molar-refractivity contribution >= 4 is 34.3 Å². The van der Waals surface area contributed by atoms with E-state index in [1.807, 2.05) is 6.92 Å². The van der Waals surface area contributed by atoms with Crippen LogP contribution >= 0.6 is 11.6 Å². The van der Waals surface area contributed by atoms with E-state index in [1.165, 1.54) is 0 Å². The van der Waals surface area contributed by atoms with Crippen molar-refractivity contribution in [1.29, 1.82) is 0 Å². The van der Waals surface area contributed by atoms with Crippen LogP contribution in [-0.2, 0) is 4.79 Å². The second-order valence-corrected chi connectivity index (χ2v) is 6.01. The van der Waals surface area contributed by atoms with Crippen LogP contribution in [0.4, 0.5) is 0 Å². The van der Waals surface area contributed by atoms with Gasteiger partial charge in [0.2, 0.25) is 5.91 Å². The number of pyridine rings is 1. The molecule has 1 aromatic carbocycles. The molecule has 0 atom stereocenters. The fourth-order valence-electron chi connectivity index (χ4n) is 2.91. The molecule has 0 radical (unpaired) electrons. The van der Waals surface area contributed by atoms with E-state index >= 15 is 0 Å². The summed E-state index contributed by atoms with van der Waals surface area (Å²) >= 11 is 5.99. The van der Waals surface area contributed by atoms with Crippen LogP contribution in [0.2, 0.25) is 5.02 Å². The molecule has 0 saturated carbocycles. The summed E-state index contributed by atoms with van der Waals surface area (Å²) in [6, 6.07) is 6.98. The molecule has 0 bridgehead atoms. The standard InChI is InChI=1S/C17H18ClN3O2/c1-2-20-8-3-9-21(11-16(20)22)17(23)14-6-7-19-15-10-12(18)4-5-13(14)15/h4-7,10H,2-3,8-9,11H2,1H3. The Labute approximate surface area is 139 Å². The maximum absolute atomic E-state index is 12.9. The summed E-state index contributed by atoms with van der Waals surface area (Å²) in [5, 5.41) is 1.34. The fourth-order valence-corrected chi connectivity index (χ4v) is 3.07. The molecule has 1 fully saturated rings. The summed E-state index contributed by atoms with van der Waals surface area (Å²) in [5.74, 6) is -0.134. The van der Waals surface area contributed by atoms with Crippen molar-refractivity contribution < 1.29 is 9.59 Å². The van der Waals surface area contributed by atoms with E-state index in [1.54, 1.807) is 40.3 Å². The van der Waals surface area contributed by atoms with Gasteiger partial charge in [-0.15, -0.1) is 0 Å². The van der Waals surface area contributed by atoms with Gasteiger partial charge in [-0.05, 0) is 31.5 Å². The zero-order valence-electron chi connectivity index (χ0n) is 13.0. The molecule has 6 heteroatoms. The summed E-state index contributed by atoms with van der Waals surface area (Å²) in [4.78, 5) is 32.8. The first-order valence-corrected chi connectivity index (χ1v) is 8.09. The molecule has 1 aliphatic heterocycles. The molecule has 1 aromatic heterocycles. The minimum absolute atomic E-state index is 0.000226. The van der Waals surface area contributed by atoms with Crippen LogP contribution in [0, 0.1) is 0 Å². The molecule has 2 heterocycles. The van der Waals surface area contributed by atoms with E-state index in [-0.39, 0.29) is 18.4 Å². The smallest absolute Gasteiger partial charge is 0.255 e. The van der Waals surface area contributed by atoms with E-state index in [9.17, 15) is 9.59 Å². The molecule has 2 amide bonds. The molecule has 23 heavy (non-hydrogen) atoms.